The molecule has 0 radical (unpaired) electrons. The van der Waals surface area contributed by atoms with E-state index in [-0.39, 0.29) is 31.5 Å². The molecule has 0 amide bonds. The summed E-state index contributed by atoms with van der Waals surface area (Å²) in [5.74, 6) is -0.371. The van der Waals surface area contributed by atoms with Crippen molar-refractivity contribution < 1.29 is 19.5 Å². The van der Waals surface area contributed by atoms with Crippen molar-refractivity contribution in [2.75, 3.05) is 0 Å². The predicted octanol–water partition coefficient (Wildman–Crippen LogP) is -0.125. The first-order valence-corrected chi connectivity index (χ1v) is 3.80. The number of rotatable bonds is 7. The first-order valence-electron chi connectivity index (χ1n) is 3.80. The molecule has 1 atom stereocenters. The van der Waals surface area contributed by atoms with Crippen LogP contribution in [0.4, 0.5) is 0 Å². The van der Waals surface area contributed by atoms with E-state index < -0.39 is 6.10 Å². The number of hydrogen-bond donors (Lipinski definition) is 1. The maximum Gasteiger partial charge on any atom is 0.161 e. The number of ketones is 1. The molecule has 0 aliphatic rings. The van der Waals surface area contributed by atoms with Gasteiger partial charge in [0.15, 0.2) is 5.78 Å². The predicted molar refractivity (Wildman–Crippen MR) is 41.6 cm³/mol. The minimum Gasteiger partial charge on any atom is -0.385 e. The maximum atomic E-state index is 10.9. The highest BCUT2D eigenvalue weighted by Gasteiger charge is 2.13. The standard InChI is InChI=1S/C8H12O4/c9-5-1-3-7(11)8(12)4-2-6-10/h5-7,11H,1-4H2. The highest BCUT2D eigenvalue weighted by molar-refractivity contribution is 5.84. The Labute approximate surface area is 70.6 Å². The van der Waals surface area contributed by atoms with Gasteiger partial charge in [0.1, 0.15) is 18.7 Å². The summed E-state index contributed by atoms with van der Waals surface area (Å²) in [6, 6.07) is 0. The average molecular weight is 172 g/mol. The van der Waals surface area contributed by atoms with Crippen LogP contribution in [0.2, 0.25) is 0 Å². The molecule has 0 bridgehead atoms. The molecule has 0 rings (SSSR count). The molecule has 0 spiro atoms. The molecule has 0 aliphatic carbocycles. The summed E-state index contributed by atoms with van der Waals surface area (Å²) in [5, 5.41) is 9.05. The Balaban J connectivity index is 3.60. The van der Waals surface area contributed by atoms with Gasteiger partial charge >= 0.3 is 0 Å². The first-order chi connectivity index (χ1) is 5.72. The van der Waals surface area contributed by atoms with Gasteiger partial charge in [0.25, 0.3) is 0 Å². The Bertz CT molecular complexity index is 164. The van der Waals surface area contributed by atoms with E-state index in [2.05, 4.69) is 0 Å². The van der Waals surface area contributed by atoms with E-state index in [1.165, 1.54) is 0 Å². The molecule has 0 aliphatic heterocycles. The van der Waals surface area contributed by atoms with Crippen molar-refractivity contribution in [3.8, 4) is 0 Å². The van der Waals surface area contributed by atoms with Crippen molar-refractivity contribution in [3.05, 3.63) is 0 Å². The molecule has 1 unspecified atom stereocenters. The third kappa shape index (κ3) is 4.73. The lowest BCUT2D eigenvalue weighted by atomic mass is 10.1. The van der Waals surface area contributed by atoms with E-state index in [0.717, 1.165) is 0 Å². The van der Waals surface area contributed by atoms with Gasteiger partial charge in [-0.2, -0.15) is 0 Å². The molecule has 4 heteroatoms. The summed E-state index contributed by atoms with van der Waals surface area (Å²) in [5.41, 5.74) is 0. The summed E-state index contributed by atoms with van der Waals surface area (Å²) < 4.78 is 0. The fourth-order valence-corrected chi connectivity index (χ4v) is 0.755. The quantitative estimate of drug-likeness (QED) is 0.543. The van der Waals surface area contributed by atoms with Gasteiger partial charge in [-0.1, -0.05) is 0 Å². The first kappa shape index (κ1) is 11.0. The van der Waals surface area contributed by atoms with Crippen LogP contribution in [-0.4, -0.2) is 29.6 Å². The molecular weight excluding hydrogens is 160 g/mol. The van der Waals surface area contributed by atoms with Crippen LogP contribution >= 0.6 is 0 Å². The minimum atomic E-state index is -1.09. The van der Waals surface area contributed by atoms with Crippen LogP contribution in [0.3, 0.4) is 0 Å². The molecule has 1 N–H and O–H groups in total. The Kier molecular flexibility index (Phi) is 6.09. The van der Waals surface area contributed by atoms with E-state index in [9.17, 15) is 14.4 Å². The van der Waals surface area contributed by atoms with Gasteiger partial charge in [-0.3, -0.25) is 4.79 Å². The second-order valence-electron chi connectivity index (χ2n) is 2.43. The molecule has 0 saturated heterocycles. The lowest BCUT2D eigenvalue weighted by Crippen LogP contribution is -2.20. The Morgan fingerprint density at radius 2 is 1.83 bits per heavy atom. The van der Waals surface area contributed by atoms with Crippen molar-refractivity contribution in [2.45, 2.75) is 31.8 Å². The number of carbonyl (C=O) groups excluding carboxylic acids is 3. The highest BCUT2D eigenvalue weighted by atomic mass is 16.3. The van der Waals surface area contributed by atoms with E-state index in [1.54, 1.807) is 0 Å². The number of hydrogen-bond acceptors (Lipinski definition) is 4. The van der Waals surface area contributed by atoms with Gasteiger partial charge in [0.2, 0.25) is 0 Å². The van der Waals surface area contributed by atoms with Gasteiger partial charge in [-0.05, 0) is 6.42 Å². The van der Waals surface area contributed by atoms with Crippen molar-refractivity contribution in [2.24, 2.45) is 0 Å². The average Bonchev–Trinajstić information content (AvgIpc) is 2.10. The fourth-order valence-electron chi connectivity index (χ4n) is 0.755. The molecular formula is C8H12O4. The molecule has 68 valence electrons. The lowest BCUT2D eigenvalue weighted by Gasteiger charge is -2.04. The third-order valence-corrected chi connectivity index (χ3v) is 1.44. The summed E-state index contributed by atoms with van der Waals surface area (Å²) in [7, 11) is 0. The van der Waals surface area contributed by atoms with Crippen molar-refractivity contribution in [3.63, 3.8) is 0 Å². The summed E-state index contributed by atoms with van der Waals surface area (Å²) in [6.45, 7) is 0. The largest absolute Gasteiger partial charge is 0.385 e. The molecule has 0 fully saturated rings. The Morgan fingerprint density at radius 3 is 2.33 bits per heavy atom. The molecule has 0 aromatic carbocycles. The minimum absolute atomic E-state index is 0.0591. The monoisotopic (exact) mass is 172 g/mol. The summed E-state index contributed by atoms with van der Waals surface area (Å²) in [4.78, 5) is 30.6. The number of aliphatic hydroxyl groups excluding tert-OH is 1. The van der Waals surface area contributed by atoms with Gasteiger partial charge in [0, 0.05) is 19.3 Å². The molecule has 0 heterocycles. The van der Waals surface area contributed by atoms with Crippen LogP contribution in [0.5, 0.6) is 0 Å². The zero-order valence-corrected chi connectivity index (χ0v) is 6.73. The number of Topliss-reactive ketones (excluding diaryl/α,β-unsaturated/α-hetero) is 1. The third-order valence-electron chi connectivity index (χ3n) is 1.44. The maximum absolute atomic E-state index is 10.9. The van der Waals surface area contributed by atoms with E-state index in [0.29, 0.717) is 12.6 Å². The second-order valence-corrected chi connectivity index (χ2v) is 2.43. The topological polar surface area (TPSA) is 71.4 Å². The second kappa shape index (κ2) is 6.67. The molecule has 0 saturated carbocycles. The van der Waals surface area contributed by atoms with Gasteiger partial charge < -0.3 is 14.7 Å². The van der Waals surface area contributed by atoms with Crippen LogP contribution in [0, 0.1) is 0 Å². The van der Waals surface area contributed by atoms with Crippen LogP contribution in [-0.2, 0) is 14.4 Å². The van der Waals surface area contributed by atoms with Crippen LogP contribution in [0.15, 0.2) is 0 Å². The fraction of sp³-hybridized carbons (Fsp3) is 0.625. The number of carbonyl (C=O) groups is 3. The van der Waals surface area contributed by atoms with Crippen molar-refractivity contribution >= 4 is 18.4 Å². The van der Waals surface area contributed by atoms with E-state index >= 15 is 0 Å². The lowest BCUT2D eigenvalue weighted by molar-refractivity contribution is -0.128. The van der Waals surface area contributed by atoms with E-state index in [1.807, 2.05) is 0 Å². The van der Waals surface area contributed by atoms with Gasteiger partial charge in [-0.25, -0.2) is 0 Å². The van der Waals surface area contributed by atoms with Crippen LogP contribution in [0.1, 0.15) is 25.7 Å². The summed E-state index contributed by atoms with van der Waals surface area (Å²) in [6.07, 6.45) is 0.714. The van der Waals surface area contributed by atoms with Crippen molar-refractivity contribution in [1.82, 2.24) is 0 Å². The van der Waals surface area contributed by atoms with Crippen LogP contribution in [0.25, 0.3) is 0 Å². The Hall–Kier alpha value is -1.03. The zero-order chi connectivity index (χ0) is 9.40. The van der Waals surface area contributed by atoms with Gasteiger partial charge in [0.05, 0.1) is 0 Å². The number of aliphatic hydroxyl groups is 1. The highest BCUT2D eigenvalue weighted by Crippen LogP contribution is 2.00. The van der Waals surface area contributed by atoms with Crippen molar-refractivity contribution in [1.29, 1.82) is 0 Å². The number of aldehydes is 2. The summed E-state index contributed by atoms with van der Waals surface area (Å²) >= 11 is 0. The Morgan fingerprint density at radius 1 is 1.25 bits per heavy atom. The molecule has 0 aromatic heterocycles. The molecule has 4 nitrogen and oxygen atoms in total. The SMILES string of the molecule is O=CCCC(=O)C(O)CCC=O. The zero-order valence-electron chi connectivity index (χ0n) is 6.73. The normalized spacial score (nSPS) is 12.1. The van der Waals surface area contributed by atoms with Gasteiger partial charge in [-0.15, -0.1) is 0 Å². The molecule has 0 aromatic rings. The molecule has 12 heavy (non-hydrogen) atoms. The van der Waals surface area contributed by atoms with E-state index in [4.69, 9.17) is 5.11 Å². The van der Waals surface area contributed by atoms with Crippen LogP contribution < -0.4 is 0 Å². The smallest absolute Gasteiger partial charge is 0.161 e.